The topological polar surface area (TPSA) is 66.2 Å². The number of fused-ring (bicyclic) bond motifs is 1. The standard InChI is InChI=1S/C16H14N4S/c17-16(21)20-18-10-13-12-8-4-5-9-14(12)19-15(13)11-6-2-1-3-7-11/h1-10,19H,(H3,17,20,21). The van der Waals surface area contributed by atoms with E-state index in [4.69, 9.17) is 18.0 Å². The molecule has 0 atom stereocenters. The first-order valence-electron chi connectivity index (χ1n) is 6.50. The maximum Gasteiger partial charge on any atom is 0.184 e. The molecule has 0 aliphatic carbocycles. The van der Waals surface area contributed by atoms with Gasteiger partial charge in [-0.2, -0.15) is 5.10 Å². The lowest BCUT2D eigenvalue weighted by molar-refractivity contribution is 1.04. The summed E-state index contributed by atoms with van der Waals surface area (Å²) < 4.78 is 0. The molecular formula is C16H14N4S. The van der Waals surface area contributed by atoms with Crippen molar-refractivity contribution in [3.63, 3.8) is 0 Å². The van der Waals surface area contributed by atoms with E-state index >= 15 is 0 Å². The van der Waals surface area contributed by atoms with Crippen molar-refractivity contribution in [2.24, 2.45) is 10.8 Å². The van der Waals surface area contributed by atoms with Crippen molar-refractivity contribution in [1.82, 2.24) is 10.4 Å². The van der Waals surface area contributed by atoms with Crippen LogP contribution in [0.25, 0.3) is 22.2 Å². The van der Waals surface area contributed by atoms with Gasteiger partial charge >= 0.3 is 0 Å². The van der Waals surface area contributed by atoms with Crippen LogP contribution in [0.5, 0.6) is 0 Å². The highest BCUT2D eigenvalue weighted by molar-refractivity contribution is 7.80. The van der Waals surface area contributed by atoms with Gasteiger partial charge in [-0.25, -0.2) is 0 Å². The van der Waals surface area contributed by atoms with Crippen LogP contribution >= 0.6 is 12.2 Å². The molecule has 0 radical (unpaired) electrons. The van der Waals surface area contributed by atoms with Gasteiger partial charge in [0.15, 0.2) is 5.11 Å². The van der Waals surface area contributed by atoms with Crippen LogP contribution in [0.15, 0.2) is 59.7 Å². The van der Waals surface area contributed by atoms with E-state index in [1.54, 1.807) is 6.21 Å². The highest BCUT2D eigenvalue weighted by Crippen LogP contribution is 2.28. The Balaban J connectivity index is 2.14. The molecule has 0 bridgehead atoms. The molecule has 3 rings (SSSR count). The smallest absolute Gasteiger partial charge is 0.184 e. The van der Waals surface area contributed by atoms with Gasteiger partial charge in [0.1, 0.15) is 0 Å². The molecule has 3 aromatic rings. The summed E-state index contributed by atoms with van der Waals surface area (Å²) in [5.74, 6) is 0. The van der Waals surface area contributed by atoms with Crippen LogP contribution in [-0.4, -0.2) is 16.3 Å². The summed E-state index contributed by atoms with van der Waals surface area (Å²) in [5, 5.41) is 5.34. The largest absolute Gasteiger partial charge is 0.375 e. The molecule has 104 valence electrons. The molecule has 0 aliphatic heterocycles. The summed E-state index contributed by atoms with van der Waals surface area (Å²) in [7, 11) is 0. The number of aromatic amines is 1. The summed E-state index contributed by atoms with van der Waals surface area (Å²) >= 11 is 4.76. The third-order valence-electron chi connectivity index (χ3n) is 3.18. The molecular weight excluding hydrogens is 280 g/mol. The van der Waals surface area contributed by atoms with Crippen molar-refractivity contribution in [2.75, 3.05) is 0 Å². The normalized spacial score (nSPS) is 11.0. The zero-order chi connectivity index (χ0) is 14.7. The molecule has 0 unspecified atom stereocenters. The van der Waals surface area contributed by atoms with Gasteiger partial charge < -0.3 is 10.7 Å². The first-order chi connectivity index (χ1) is 10.3. The molecule has 0 fully saturated rings. The number of H-pyrrole nitrogens is 1. The highest BCUT2D eigenvalue weighted by atomic mass is 32.1. The molecule has 1 aromatic heterocycles. The number of thiocarbonyl (C=S) groups is 1. The molecule has 4 N–H and O–H groups in total. The van der Waals surface area contributed by atoms with Gasteiger partial charge in [0, 0.05) is 16.5 Å². The SMILES string of the molecule is NC(=S)NN=Cc1c(-c2ccccc2)[nH]c2ccccc12. The number of hydrogen-bond donors (Lipinski definition) is 3. The van der Waals surface area contributed by atoms with Gasteiger partial charge in [0.05, 0.1) is 11.9 Å². The third kappa shape index (κ3) is 2.78. The zero-order valence-electron chi connectivity index (χ0n) is 11.2. The van der Waals surface area contributed by atoms with Crippen molar-refractivity contribution in [3.05, 3.63) is 60.2 Å². The number of aromatic nitrogens is 1. The Kier molecular flexibility index (Phi) is 3.66. The lowest BCUT2D eigenvalue weighted by Crippen LogP contribution is -2.24. The molecule has 0 spiro atoms. The third-order valence-corrected chi connectivity index (χ3v) is 3.27. The molecule has 0 saturated heterocycles. The van der Waals surface area contributed by atoms with Gasteiger partial charge in [0.2, 0.25) is 0 Å². The van der Waals surface area contributed by atoms with Gasteiger partial charge in [-0.05, 0) is 23.8 Å². The summed E-state index contributed by atoms with van der Waals surface area (Å²) in [4.78, 5) is 3.44. The number of hydrogen-bond acceptors (Lipinski definition) is 2. The second-order valence-electron chi connectivity index (χ2n) is 4.56. The van der Waals surface area contributed by atoms with Crippen LogP contribution in [0.2, 0.25) is 0 Å². The predicted molar refractivity (Wildman–Crippen MR) is 91.2 cm³/mol. The minimum atomic E-state index is 0.146. The second-order valence-corrected chi connectivity index (χ2v) is 5.00. The number of nitrogens with zero attached hydrogens (tertiary/aromatic N) is 1. The van der Waals surface area contributed by atoms with Crippen LogP contribution in [0.3, 0.4) is 0 Å². The van der Waals surface area contributed by atoms with Gasteiger partial charge in [-0.15, -0.1) is 0 Å². The minimum Gasteiger partial charge on any atom is -0.375 e. The van der Waals surface area contributed by atoms with E-state index in [1.165, 1.54) is 0 Å². The minimum absolute atomic E-state index is 0.146. The number of nitrogens with two attached hydrogens (primary N) is 1. The lowest BCUT2D eigenvalue weighted by Gasteiger charge is -2.00. The van der Waals surface area contributed by atoms with E-state index in [0.29, 0.717) is 0 Å². The molecule has 1 heterocycles. The van der Waals surface area contributed by atoms with E-state index < -0.39 is 0 Å². The zero-order valence-corrected chi connectivity index (χ0v) is 12.0. The van der Waals surface area contributed by atoms with Crippen molar-refractivity contribution in [3.8, 4) is 11.3 Å². The van der Waals surface area contributed by atoms with E-state index in [1.807, 2.05) is 36.4 Å². The molecule has 0 saturated carbocycles. The first kappa shape index (κ1) is 13.3. The molecule has 0 aliphatic rings. The Morgan fingerprint density at radius 2 is 1.81 bits per heavy atom. The molecule has 5 heteroatoms. The Morgan fingerprint density at radius 3 is 2.57 bits per heavy atom. The van der Waals surface area contributed by atoms with E-state index in [2.05, 4.69) is 33.7 Å². The predicted octanol–water partition coefficient (Wildman–Crippen LogP) is 3.00. The van der Waals surface area contributed by atoms with Gasteiger partial charge in [0.25, 0.3) is 0 Å². The van der Waals surface area contributed by atoms with Gasteiger partial charge in [-0.3, -0.25) is 5.43 Å². The Bertz CT molecular complexity index is 806. The maximum atomic E-state index is 5.39. The van der Waals surface area contributed by atoms with Crippen LogP contribution in [0.1, 0.15) is 5.56 Å². The molecule has 21 heavy (non-hydrogen) atoms. The summed E-state index contributed by atoms with van der Waals surface area (Å²) in [6, 6.07) is 18.2. The number of nitrogens with one attached hydrogen (secondary N) is 2. The molecule has 2 aromatic carbocycles. The van der Waals surface area contributed by atoms with Gasteiger partial charge in [-0.1, -0.05) is 48.5 Å². The average Bonchev–Trinajstić information content (AvgIpc) is 2.87. The monoisotopic (exact) mass is 294 g/mol. The van der Waals surface area contributed by atoms with E-state index in [0.717, 1.165) is 27.7 Å². The quantitative estimate of drug-likeness (QED) is 0.395. The Morgan fingerprint density at radius 1 is 1.10 bits per heavy atom. The van der Waals surface area contributed by atoms with Crippen LogP contribution < -0.4 is 11.2 Å². The summed E-state index contributed by atoms with van der Waals surface area (Å²) in [5.41, 5.74) is 12.2. The fourth-order valence-corrected chi connectivity index (χ4v) is 2.34. The Hall–Kier alpha value is -2.66. The fourth-order valence-electron chi connectivity index (χ4n) is 2.29. The van der Waals surface area contributed by atoms with Crippen molar-refractivity contribution in [1.29, 1.82) is 0 Å². The number of para-hydroxylation sites is 1. The average molecular weight is 294 g/mol. The summed E-state index contributed by atoms with van der Waals surface area (Å²) in [6.45, 7) is 0. The van der Waals surface area contributed by atoms with E-state index in [9.17, 15) is 0 Å². The van der Waals surface area contributed by atoms with E-state index in [-0.39, 0.29) is 5.11 Å². The van der Waals surface area contributed by atoms with Crippen LogP contribution in [-0.2, 0) is 0 Å². The Labute approximate surface area is 127 Å². The number of hydrazone groups is 1. The first-order valence-corrected chi connectivity index (χ1v) is 6.91. The molecule has 4 nitrogen and oxygen atoms in total. The summed E-state index contributed by atoms with van der Waals surface area (Å²) in [6.07, 6.45) is 1.74. The fraction of sp³-hybridized carbons (Fsp3) is 0. The second kappa shape index (κ2) is 5.76. The van der Waals surface area contributed by atoms with Crippen molar-refractivity contribution < 1.29 is 0 Å². The highest BCUT2D eigenvalue weighted by Gasteiger charge is 2.10. The molecule has 0 amide bonds. The lowest BCUT2D eigenvalue weighted by atomic mass is 10.1. The van der Waals surface area contributed by atoms with Crippen molar-refractivity contribution >= 4 is 34.4 Å². The number of rotatable bonds is 3. The van der Waals surface area contributed by atoms with Crippen LogP contribution in [0.4, 0.5) is 0 Å². The van der Waals surface area contributed by atoms with Crippen LogP contribution in [0, 0.1) is 0 Å². The van der Waals surface area contributed by atoms with Crippen molar-refractivity contribution in [2.45, 2.75) is 0 Å². The maximum absolute atomic E-state index is 5.39. The number of benzene rings is 2.